The van der Waals surface area contributed by atoms with Crippen molar-refractivity contribution < 1.29 is 28.5 Å². The van der Waals surface area contributed by atoms with Gasteiger partial charge >= 0.3 is 0 Å². The van der Waals surface area contributed by atoms with Gasteiger partial charge in [0.15, 0.2) is 18.1 Å². The molecule has 2 amide bonds. The summed E-state index contributed by atoms with van der Waals surface area (Å²) in [4.78, 5) is 34.3. The standard InChI is InChI=1S/C41H49N3O6/c1-31-14-11-17-34-29-43(37(45)23-21-33-20-22-36(47-2)41(49-4)40(33)48-3)26-12-24-42(28-32-15-7-5-8-16-32)25-13-27-44(39(31)34)38(46)30-50-35-18-9-6-10-19-35/h5-11,14-20,22H,12-13,21,23-30H2,1-4H3. The van der Waals surface area contributed by atoms with Crippen LogP contribution in [0.25, 0.3) is 0 Å². The summed E-state index contributed by atoms with van der Waals surface area (Å²) in [6.45, 7) is 5.90. The van der Waals surface area contributed by atoms with Gasteiger partial charge < -0.3 is 28.7 Å². The quantitative estimate of drug-likeness (QED) is 0.175. The third-order valence-electron chi connectivity index (χ3n) is 9.11. The predicted molar refractivity (Wildman–Crippen MR) is 196 cm³/mol. The number of carbonyl (C=O) groups excluding carboxylic acids is 2. The highest BCUT2D eigenvalue weighted by atomic mass is 16.5. The van der Waals surface area contributed by atoms with E-state index in [4.69, 9.17) is 18.9 Å². The van der Waals surface area contributed by atoms with Crippen LogP contribution in [0.1, 0.15) is 41.5 Å². The average Bonchev–Trinajstić information content (AvgIpc) is 3.14. The first-order valence-corrected chi connectivity index (χ1v) is 17.3. The van der Waals surface area contributed by atoms with Crippen molar-refractivity contribution in [3.05, 3.63) is 113 Å². The number of nitrogens with zero attached hydrogens (tertiary/aromatic N) is 3. The van der Waals surface area contributed by atoms with Gasteiger partial charge in [0, 0.05) is 45.7 Å². The smallest absolute Gasteiger partial charge is 0.264 e. The summed E-state index contributed by atoms with van der Waals surface area (Å²) in [5.41, 5.74) is 4.88. The predicted octanol–water partition coefficient (Wildman–Crippen LogP) is 6.69. The first kappa shape index (κ1) is 36.3. The van der Waals surface area contributed by atoms with Gasteiger partial charge in [-0.2, -0.15) is 0 Å². The molecule has 0 saturated heterocycles. The van der Waals surface area contributed by atoms with E-state index in [0.717, 1.165) is 54.9 Å². The van der Waals surface area contributed by atoms with Crippen LogP contribution in [0.3, 0.4) is 0 Å². The SMILES string of the molecule is COc1ccc(CCC(=O)N2CCCN(Cc3ccccc3)CCCN(C(=O)COc3ccccc3)c3c(C)cccc3C2)c(OC)c1OC. The maximum Gasteiger partial charge on any atom is 0.264 e. The first-order valence-electron chi connectivity index (χ1n) is 17.3. The number of para-hydroxylation sites is 2. The fraction of sp³-hybridized carbons (Fsp3) is 0.366. The van der Waals surface area contributed by atoms with Crippen molar-refractivity contribution in [1.82, 2.24) is 9.80 Å². The van der Waals surface area contributed by atoms with E-state index in [1.807, 2.05) is 83.5 Å². The molecular formula is C41H49N3O6. The maximum atomic E-state index is 14.1. The molecule has 0 bridgehead atoms. The number of aryl methyl sites for hydroxylation is 2. The van der Waals surface area contributed by atoms with Crippen molar-refractivity contribution in [2.75, 3.05) is 59.0 Å². The second kappa shape index (κ2) is 18.1. The van der Waals surface area contributed by atoms with Crippen LogP contribution < -0.4 is 23.8 Å². The summed E-state index contributed by atoms with van der Waals surface area (Å²) >= 11 is 0. The molecule has 0 unspecified atom stereocenters. The molecule has 0 fully saturated rings. The normalized spacial score (nSPS) is 14.2. The highest BCUT2D eigenvalue weighted by Crippen LogP contribution is 2.40. The van der Waals surface area contributed by atoms with E-state index < -0.39 is 0 Å². The van der Waals surface area contributed by atoms with E-state index in [1.165, 1.54) is 5.56 Å². The lowest BCUT2D eigenvalue weighted by atomic mass is 10.0. The van der Waals surface area contributed by atoms with Crippen LogP contribution in [0, 0.1) is 6.92 Å². The van der Waals surface area contributed by atoms with Crippen LogP contribution in [0.15, 0.2) is 91.0 Å². The monoisotopic (exact) mass is 679 g/mol. The Labute approximate surface area is 296 Å². The number of benzene rings is 4. The Balaban J connectivity index is 1.42. The molecule has 264 valence electrons. The summed E-state index contributed by atoms with van der Waals surface area (Å²) in [7, 11) is 4.76. The number of hydrogen-bond donors (Lipinski definition) is 0. The summed E-state index contributed by atoms with van der Waals surface area (Å²) in [6.07, 6.45) is 2.38. The van der Waals surface area contributed by atoms with Crippen LogP contribution in [0.5, 0.6) is 23.0 Å². The van der Waals surface area contributed by atoms with E-state index in [0.29, 0.717) is 49.1 Å². The molecule has 4 aromatic carbocycles. The van der Waals surface area contributed by atoms with Crippen molar-refractivity contribution in [2.45, 2.75) is 45.7 Å². The zero-order chi connectivity index (χ0) is 35.3. The van der Waals surface area contributed by atoms with Gasteiger partial charge in [-0.1, -0.05) is 72.8 Å². The van der Waals surface area contributed by atoms with Crippen molar-refractivity contribution in [1.29, 1.82) is 0 Å². The maximum absolute atomic E-state index is 14.1. The van der Waals surface area contributed by atoms with Crippen molar-refractivity contribution in [3.63, 3.8) is 0 Å². The number of methoxy groups -OCH3 is 3. The third-order valence-corrected chi connectivity index (χ3v) is 9.11. The summed E-state index contributed by atoms with van der Waals surface area (Å²) in [5.74, 6) is 2.22. The number of carbonyl (C=O) groups is 2. The molecular weight excluding hydrogens is 630 g/mol. The van der Waals surface area contributed by atoms with Gasteiger partial charge in [-0.05, 0) is 66.6 Å². The lowest BCUT2D eigenvalue weighted by Crippen LogP contribution is -2.40. The first-order chi connectivity index (χ1) is 24.4. The number of fused-ring (bicyclic) bond motifs is 1. The molecule has 1 aliphatic rings. The molecule has 4 aromatic rings. The van der Waals surface area contributed by atoms with Gasteiger partial charge in [-0.25, -0.2) is 0 Å². The number of amides is 2. The van der Waals surface area contributed by atoms with Crippen molar-refractivity contribution >= 4 is 17.5 Å². The average molecular weight is 680 g/mol. The minimum atomic E-state index is -0.116. The van der Waals surface area contributed by atoms with E-state index in [9.17, 15) is 9.59 Å². The highest BCUT2D eigenvalue weighted by Gasteiger charge is 2.25. The lowest BCUT2D eigenvalue weighted by molar-refractivity contribution is -0.131. The van der Waals surface area contributed by atoms with E-state index >= 15 is 0 Å². The highest BCUT2D eigenvalue weighted by molar-refractivity contribution is 5.96. The minimum Gasteiger partial charge on any atom is -0.493 e. The number of anilines is 1. The fourth-order valence-corrected chi connectivity index (χ4v) is 6.64. The largest absolute Gasteiger partial charge is 0.493 e. The molecule has 0 aromatic heterocycles. The Morgan fingerprint density at radius 1 is 0.700 bits per heavy atom. The van der Waals surface area contributed by atoms with Crippen LogP contribution in [0.4, 0.5) is 5.69 Å². The molecule has 0 saturated carbocycles. The molecule has 50 heavy (non-hydrogen) atoms. The zero-order valence-electron chi connectivity index (χ0n) is 29.7. The number of ether oxygens (including phenoxy) is 4. The number of hydrogen-bond acceptors (Lipinski definition) is 7. The Morgan fingerprint density at radius 2 is 1.40 bits per heavy atom. The molecule has 1 heterocycles. The van der Waals surface area contributed by atoms with Crippen LogP contribution in [0.2, 0.25) is 0 Å². The van der Waals surface area contributed by atoms with Gasteiger partial charge in [0.2, 0.25) is 11.7 Å². The molecule has 9 nitrogen and oxygen atoms in total. The summed E-state index contributed by atoms with van der Waals surface area (Å²) in [5, 5.41) is 0. The van der Waals surface area contributed by atoms with Gasteiger partial charge in [-0.15, -0.1) is 0 Å². The molecule has 5 rings (SSSR count). The molecule has 0 radical (unpaired) electrons. The summed E-state index contributed by atoms with van der Waals surface area (Å²) < 4.78 is 22.7. The van der Waals surface area contributed by atoms with Gasteiger partial charge in [-0.3, -0.25) is 14.5 Å². The van der Waals surface area contributed by atoms with E-state index in [-0.39, 0.29) is 24.8 Å². The Hall–Kier alpha value is -5.02. The Bertz CT molecular complexity index is 1700. The van der Waals surface area contributed by atoms with Crippen molar-refractivity contribution in [3.8, 4) is 23.0 Å². The second-order valence-electron chi connectivity index (χ2n) is 12.5. The van der Waals surface area contributed by atoms with Crippen LogP contribution in [-0.2, 0) is 29.1 Å². The molecule has 9 heteroatoms. The zero-order valence-corrected chi connectivity index (χ0v) is 29.7. The Kier molecular flexibility index (Phi) is 13.1. The van der Waals surface area contributed by atoms with Gasteiger partial charge in [0.25, 0.3) is 5.91 Å². The minimum absolute atomic E-state index is 0.0336. The molecule has 0 spiro atoms. The van der Waals surface area contributed by atoms with E-state index in [1.54, 1.807) is 21.3 Å². The fourth-order valence-electron chi connectivity index (χ4n) is 6.64. The molecule has 0 atom stereocenters. The van der Waals surface area contributed by atoms with Gasteiger partial charge in [0.05, 0.1) is 27.0 Å². The van der Waals surface area contributed by atoms with Gasteiger partial charge in [0.1, 0.15) is 5.75 Å². The van der Waals surface area contributed by atoms with Crippen LogP contribution in [-0.4, -0.2) is 75.7 Å². The summed E-state index contributed by atoms with van der Waals surface area (Å²) in [6, 6.07) is 29.7. The third kappa shape index (κ3) is 9.36. The molecule has 1 aliphatic heterocycles. The van der Waals surface area contributed by atoms with Crippen molar-refractivity contribution in [2.24, 2.45) is 0 Å². The Morgan fingerprint density at radius 3 is 2.10 bits per heavy atom. The van der Waals surface area contributed by atoms with E-state index in [2.05, 4.69) is 29.2 Å². The number of rotatable bonds is 11. The molecule has 0 N–H and O–H groups in total. The topological polar surface area (TPSA) is 80.8 Å². The second-order valence-corrected chi connectivity index (χ2v) is 12.5. The van der Waals surface area contributed by atoms with Crippen LogP contribution >= 0.6 is 0 Å². The molecule has 0 aliphatic carbocycles. The lowest BCUT2D eigenvalue weighted by Gasteiger charge is -2.32.